The number of ether oxygens (including phenoxy) is 1. The first kappa shape index (κ1) is 24.1. The molecule has 3 aromatic carbocycles. The molecule has 1 N–H and O–H groups in total. The van der Waals surface area contributed by atoms with E-state index in [-0.39, 0.29) is 10.7 Å². The van der Waals surface area contributed by atoms with Crippen molar-refractivity contribution >= 4 is 97.7 Å². The highest BCUT2D eigenvalue weighted by Crippen LogP contribution is 2.31. The molecule has 0 aliphatic carbocycles. The molecular weight excluding hydrogens is 686 g/mol. The van der Waals surface area contributed by atoms with Crippen LogP contribution in [-0.2, 0) is 16.2 Å². The molecule has 0 unspecified atom stereocenters. The van der Waals surface area contributed by atoms with Gasteiger partial charge in [0, 0.05) is 5.02 Å². The highest BCUT2D eigenvalue weighted by molar-refractivity contribution is 14.1. The van der Waals surface area contributed by atoms with E-state index >= 15 is 0 Å². The number of hydrogen-bond donors (Lipinski definition) is 1. The summed E-state index contributed by atoms with van der Waals surface area (Å²) in [6.07, 6.45) is 1.56. The molecule has 4 rings (SSSR count). The van der Waals surface area contributed by atoms with Crippen molar-refractivity contribution < 1.29 is 14.3 Å². The highest BCUT2D eigenvalue weighted by atomic mass is 127. The van der Waals surface area contributed by atoms with Crippen LogP contribution < -0.4 is 15.0 Å². The van der Waals surface area contributed by atoms with Crippen molar-refractivity contribution in [2.75, 3.05) is 4.90 Å². The predicted molar refractivity (Wildman–Crippen MR) is 150 cm³/mol. The summed E-state index contributed by atoms with van der Waals surface area (Å²) in [4.78, 5) is 27.0. The minimum atomic E-state index is -0.537. The number of carbonyl (C=O) groups is 2. The second-order valence-corrected chi connectivity index (χ2v) is 10.2. The Morgan fingerprint density at radius 1 is 1.00 bits per heavy atom. The molecule has 3 aromatic rings. The zero-order valence-corrected chi connectivity index (χ0v) is 22.7. The van der Waals surface area contributed by atoms with E-state index in [1.807, 2.05) is 42.5 Å². The molecule has 2 amide bonds. The molecular formula is C24H15ClI2N2O3S. The summed E-state index contributed by atoms with van der Waals surface area (Å²) in [7, 11) is 0. The molecule has 166 valence electrons. The van der Waals surface area contributed by atoms with Crippen LogP contribution in [0.4, 0.5) is 5.69 Å². The van der Waals surface area contributed by atoms with Gasteiger partial charge in [0.1, 0.15) is 17.9 Å². The summed E-state index contributed by atoms with van der Waals surface area (Å²) >= 11 is 15.6. The van der Waals surface area contributed by atoms with Crippen LogP contribution in [0.15, 0.2) is 72.3 Å². The van der Waals surface area contributed by atoms with E-state index < -0.39 is 11.8 Å². The van der Waals surface area contributed by atoms with E-state index in [1.165, 1.54) is 4.90 Å². The average molecular weight is 701 g/mol. The summed E-state index contributed by atoms with van der Waals surface area (Å²) < 4.78 is 7.76. The molecule has 33 heavy (non-hydrogen) atoms. The molecule has 5 nitrogen and oxygen atoms in total. The van der Waals surface area contributed by atoms with Crippen molar-refractivity contribution in [1.82, 2.24) is 5.32 Å². The Hall–Kier alpha value is -2.02. The number of benzene rings is 3. The normalized spacial score (nSPS) is 15.1. The van der Waals surface area contributed by atoms with Gasteiger partial charge in [-0.2, -0.15) is 0 Å². The number of nitrogens with one attached hydrogen (secondary N) is 1. The topological polar surface area (TPSA) is 58.6 Å². The standard InChI is InChI=1S/C24H15ClI2N2O3S/c25-16-6-8-17(9-7-16)29-23(31)18(22(30)28-24(29)33)10-15-11-19(26)21(20(27)12-15)32-13-14-4-2-1-3-5-14/h1-12H,13H2,(H,28,30,33)/b18-10+. The molecule has 0 spiro atoms. The molecule has 9 heteroatoms. The Morgan fingerprint density at radius 3 is 2.27 bits per heavy atom. The number of carbonyl (C=O) groups excluding carboxylic acids is 2. The van der Waals surface area contributed by atoms with Gasteiger partial charge in [0.05, 0.1) is 12.8 Å². The lowest BCUT2D eigenvalue weighted by Crippen LogP contribution is -2.54. The van der Waals surface area contributed by atoms with Crippen molar-refractivity contribution in [1.29, 1.82) is 0 Å². The van der Waals surface area contributed by atoms with Crippen LogP contribution in [0.25, 0.3) is 6.08 Å². The lowest BCUT2D eigenvalue weighted by Gasteiger charge is -2.29. The number of rotatable bonds is 5. The zero-order valence-electron chi connectivity index (χ0n) is 16.8. The maximum atomic E-state index is 13.2. The molecule has 1 saturated heterocycles. The van der Waals surface area contributed by atoms with Gasteiger partial charge in [-0.1, -0.05) is 41.9 Å². The Balaban J connectivity index is 1.61. The third-order valence-electron chi connectivity index (χ3n) is 4.74. The smallest absolute Gasteiger partial charge is 0.270 e. The zero-order chi connectivity index (χ0) is 23.5. The van der Waals surface area contributed by atoms with Gasteiger partial charge in [0.15, 0.2) is 5.11 Å². The van der Waals surface area contributed by atoms with E-state index in [0.29, 0.717) is 22.9 Å². The number of thiocarbonyl (C=S) groups is 1. The van der Waals surface area contributed by atoms with Gasteiger partial charge < -0.3 is 4.74 Å². The van der Waals surface area contributed by atoms with Crippen LogP contribution >= 0.6 is 69.0 Å². The van der Waals surface area contributed by atoms with E-state index in [9.17, 15) is 9.59 Å². The van der Waals surface area contributed by atoms with Gasteiger partial charge in [0.25, 0.3) is 11.8 Å². The summed E-state index contributed by atoms with van der Waals surface area (Å²) in [6, 6.07) is 20.3. The molecule has 0 aromatic heterocycles. The summed E-state index contributed by atoms with van der Waals surface area (Å²) in [5, 5.41) is 3.15. The van der Waals surface area contributed by atoms with Gasteiger partial charge in [0.2, 0.25) is 0 Å². The number of hydrogen-bond acceptors (Lipinski definition) is 4. The largest absolute Gasteiger partial charge is 0.487 e. The lowest BCUT2D eigenvalue weighted by molar-refractivity contribution is -0.122. The maximum Gasteiger partial charge on any atom is 0.270 e. The van der Waals surface area contributed by atoms with Gasteiger partial charge in [-0.25, -0.2) is 0 Å². The quantitative estimate of drug-likeness (QED) is 0.155. The van der Waals surface area contributed by atoms with Crippen LogP contribution in [0.1, 0.15) is 11.1 Å². The van der Waals surface area contributed by atoms with E-state index in [4.69, 9.17) is 28.6 Å². The van der Waals surface area contributed by atoms with Gasteiger partial charge in [-0.05, 0) is 111 Å². The molecule has 0 bridgehead atoms. The second-order valence-electron chi connectivity index (χ2n) is 7.02. The predicted octanol–water partition coefficient (Wildman–Crippen LogP) is 5.96. The highest BCUT2D eigenvalue weighted by Gasteiger charge is 2.34. The van der Waals surface area contributed by atoms with Crippen LogP contribution in [0.3, 0.4) is 0 Å². The minimum absolute atomic E-state index is 0.0110. The summed E-state index contributed by atoms with van der Waals surface area (Å²) in [5.74, 6) is -0.282. The Morgan fingerprint density at radius 2 is 1.64 bits per heavy atom. The van der Waals surface area contributed by atoms with Crippen molar-refractivity contribution in [3.8, 4) is 5.75 Å². The Bertz CT molecular complexity index is 1260. The van der Waals surface area contributed by atoms with Crippen LogP contribution in [0.2, 0.25) is 5.02 Å². The molecule has 1 heterocycles. The van der Waals surface area contributed by atoms with E-state index in [0.717, 1.165) is 18.5 Å². The Kier molecular flexibility index (Phi) is 7.67. The fourth-order valence-electron chi connectivity index (χ4n) is 3.18. The van der Waals surface area contributed by atoms with Crippen molar-refractivity contribution in [3.63, 3.8) is 0 Å². The maximum absolute atomic E-state index is 13.2. The van der Waals surface area contributed by atoms with Crippen molar-refractivity contribution in [2.24, 2.45) is 0 Å². The number of nitrogens with zero attached hydrogens (tertiary/aromatic N) is 1. The molecule has 0 atom stereocenters. The third kappa shape index (κ3) is 5.56. The van der Waals surface area contributed by atoms with Gasteiger partial charge in [-0.15, -0.1) is 0 Å². The Labute approximate surface area is 228 Å². The molecule has 1 aliphatic heterocycles. The average Bonchev–Trinajstić information content (AvgIpc) is 2.78. The first-order chi connectivity index (χ1) is 15.8. The van der Waals surface area contributed by atoms with E-state index in [1.54, 1.807) is 30.3 Å². The first-order valence-corrected chi connectivity index (χ1v) is 12.6. The van der Waals surface area contributed by atoms with Crippen LogP contribution in [0, 0.1) is 7.14 Å². The van der Waals surface area contributed by atoms with Gasteiger partial charge >= 0.3 is 0 Å². The minimum Gasteiger partial charge on any atom is -0.487 e. The SMILES string of the molecule is O=C1NC(=S)N(c2ccc(Cl)cc2)C(=O)/C1=C/c1cc(I)c(OCc2ccccc2)c(I)c1. The number of anilines is 1. The van der Waals surface area contributed by atoms with Crippen molar-refractivity contribution in [2.45, 2.75) is 6.61 Å². The summed E-state index contributed by atoms with van der Waals surface area (Å²) in [6.45, 7) is 0.446. The fourth-order valence-corrected chi connectivity index (χ4v) is 5.71. The molecule has 0 radical (unpaired) electrons. The molecule has 1 fully saturated rings. The molecule has 0 saturated carbocycles. The lowest BCUT2D eigenvalue weighted by atomic mass is 10.1. The van der Waals surface area contributed by atoms with E-state index in [2.05, 4.69) is 50.5 Å². The van der Waals surface area contributed by atoms with Crippen LogP contribution in [-0.4, -0.2) is 16.9 Å². The molecule has 1 aliphatic rings. The fraction of sp³-hybridized carbons (Fsp3) is 0.0417. The number of amides is 2. The monoisotopic (exact) mass is 700 g/mol. The number of halogens is 3. The van der Waals surface area contributed by atoms with Crippen molar-refractivity contribution in [3.05, 3.63) is 95.6 Å². The summed E-state index contributed by atoms with van der Waals surface area (Å²) in [5.41, 5.74) is 2.29. The van der Waals surface area contributed by atoms with Crippen LogP contribution in [0.5, 0.6) is 5.75 Å². The van der Waals surface area contributed by atoms with Gasteiger partial charge in [-0.3, -0.25) is 19.8 Å². The second kappa shape index (κ2) is 10.5. The first-order valence-electron chi connectivity index (χ1n) is 9.66. The third-order valence-corrected chi connectivity index (χ3v) is 6.88.